The van der Waals surface area contributed by atoms with Gasteiger partial charge in [-0.05, 0) is 78.9 Å². The van der Waals surface area contributed by atoms with Gasteiger partial charge in [0.05, 0.1) is 15.6 Å². The Labute approximate surface area is 212 Å². The van der Waals surface area contributed by atoms with Crippen molar-refractivity contribution in [3.05, 3.63) is 119 Å². The van der Waals surface area contributed by atoms with Gasteiger partial charge in [0.2, 0.25) is 0 Å². The SMILES string of the molecule is O=S(=O)(NN=Cc1ccc(OCc2cccc3ccccc23)c(Br)c1)c1ccc2ccccc2c1. The van der Waals surface area contributed by atoms with E-state index >= 15 is 0 Å². The first-order valence-electron chi connectivity index (χ1n) is 10.9. The maximum atomic E-state index is 12.6. The first-order valence-corrected chi connectivity index (χ1v) is 13.2. The van der Waals surface area contributed by atoms with Gasteiger partial charge < -0.3 is 4.74 Å². The molecule has 0 amide bonds. The van der Waals surface area contributed by atoms with Crippen LogP contribution in [0.5, 0.6) is 5.75 Å². The number of halogens is 1. The van der Waals surface area contributed by atoms with Crippen LogP contribution in [0.25, 0.3) is 21.5 Å². The molecule has 0 heterocycles. The van der Waals surface area contributed by atoms with E-state index in [1.165, 1.54) is 11.6 Å². The van der Waals surface area contributed by atoms with Gasteiger partial charge >= 0.3 is 0 Å². The normalized spacial score (nSPS) is 11.8. The summed E-state index contributed by atoms with van der Waals surface area (Å²) in [5.41, 5.74) is 1.82. The average molecular weight is 545 g/mol. The Balaban J connectivity index is 1.26. The number of hydrazone groups is 1. The van der Waals surface area contributed by atoms with E-state index in [0.717, 1.165) is 31.8 Å². The van der Waals surface area contributed by atoms with E-state index in [1.807, 2.05) is 60.7 Å². The highest BCUT2D eigenvalue weighted by Crippen LogP contribution is 2.28. The van der Waals surface area contributed by atoms with Gasteiger partial charge in [-0.2, -0.15) is 13.5 Å². The Hall–Kier alpha value is -3.68. The second kappa shape index (κ2) is 9.90. The molecule has 0 aliphatic rings. The number of ether oxygens (including phenoxy) is 1. The standard InChI is InChI=1S/C28H21BrN2O3S/c29-27-16-20(12-15-28(27)34-19-24-10-5-9-22-7-3-4-11-26(22)24)18-30-31-35(32,33)25-14-13-21-6-1-2-8-23(21)17-25/h1-18,31H,19H2. The Bertz CT molecular complexity index is 1660. The van der Waals surface area contributed by atoms with Crippen LogP contribution >= 0.6 is 15.9 Å². The number of hydrogen-bond acceptors (Lipinski definition) is 4. The Morgan fingerprint density at radius 2 is 1.54 bits per heavy atom. The van der Waals surface area contributed by atoms with Crippen molar-refractivity contribution in [1.82, 2.24) is 4.83 Å². The summed E-state index contributed by atoms with van der Waals surface area (Å²) < 4.78 is 32.1. The molecule has 0 spiro atoms. The van der Waals surface area contributed by atoms with Crippen molar-refractivity contribution in [3.8, 4) is 5.75 Å². The minimum Gasteiger partial charge on any atom is -0.488 e. The van der Waals surface area contributed by atoms with E-state index < -0.39 is 10.0 Å². The zero-order valence-corrected chi connectivity index (χ0v) is 21.0. The molecule has 5 aromatic rings. The van der Waals surface area contributed by atoms with Crippen LogP contribution < -0.4 is 9.57 Å². The summed E-state index contributed by atoms with van der Waals surface area (Å²) in [5, 5.41) is 8.10. The monoisotopic (exact) mass is 544 g/mol. The summed E-state index contributed by atoms with van der Waals surface area (Å²) in [5.74, 6) is 0.687. The predicted molar refractivity (Wildman–Crippen MR) is 144 cm³/mol. The van der Waals surface area contributed by atoms with Crippen LogP contribution in [-0.2, 0) is 16.6 Å². The zero-order chi connectivity index (χ0) is 24.3. The van der Waals surface area contributed by atoms with Gasteiger partial charge in [0.1, 0.15) is 12.4 Å². The second-order valence-electron chi connectivity index (χ2n) is 7.98. The van der Waals surface area contributed by atoms with Crippen molar-refractivity contribution in [2.24, 2.45) is 5.10 Å². The second-order valence-corrected chi connectivity index (χ2v) is 10.5. The van der Waals surface area contributed by atoms with Gasteiger partial charge in [-0.25, -0.2) is 4.83 Å². The summed E-state index contributed by atoms with van der Waals surface area (Å²) in [6.07, 6.45) is 1.46. The molecule has 0 saturated carbocycles. The molecule has 0 aliphatic carbocycles. The van der Waals surface area contributed by atoms with Crippen molar-refractivity contribution in [1.29, 1.82) is 0 Å². The van der Waals surface area contributed by atoms with Gasteiger partial charge in [-0.3, -0.25) is 0 Å². The number of nitrogens with one attached hydrogen (secondary N) is 1. The van der Waals surface area contributed by atoms with Gasteiger partial charge in [0, 0.05) is 0 Å². The summed E-state index contributed by atoms with van der Waals surface area (Å²) in [4.78, 5) is 2.44. The molecule has 35 heavy (non-hydrogen) atoms. The Kier molecular flexibility index (Phi) is 6.53. The highest BCUT2D eigenvalue weighted by atomic mass is 79.9. The Morgan fingerprint density at radius 3 is 2.37 bits per heavy atom. The lowest BCUT2D eigenvalue weighted by Gasteiger charge is -2.11. The van der Waals surface area contributed by atoms with Gasteiger partial charge in [0.25, 0.3) is 10.0 Å². The van der Waals surface area contributed by atoms with Crippen molar-refractivity contribution in [3.63, 3.8) is 0 Å². The van der Waals surface area contributed by atoms with Crippen molar-refractivity contribution < 1.29 is 13.2 Å². The van der Waals surface area contributed by atoms with Crippen LogP contribution in [-0.4, -0.2) is 14.6 Å². The van der Waals surface area contributed by atoms with Crippen LogP contribution in [0.4, 0.5) is 0 Å². The largest absolute Gasteiger partial charge is 0.488 e. The minimum atomic E-state index is -3.78. The van der Waals surface area contributed by atoms with E-state index in [9.17, 15) is 8.42 Å². The topological polar surface area (TPSA) is 67.8 Å². The first kappa shape index (κ1) is 23.1. The van der Waals surface area contributed by atoms with Gasteiger partial charge in [-0.1, -0.05) is 72.8 Å². The molecule has 7 heteroatoms. The number of benzene rings is 5. The van der Waals surface area contributed by atoms with E-state index in [-0.39, 0.29) is 4.90 Å². The van der Waals surface area contributed by atoms with E-state index in [2.05, 4.69) is 50.1 Å². The molecule has 0 bridgehead atoms. The molecule has 5 nitrogen and oxygen atoms in total. The average Bonchev–Trinajstić information content (AvgIpc) is 2.88. The fraction of sp³-hybridized carbons (Fsp3) is 0.0357. The number of nitrogens with zero attached hydrogens (tertiary/aromatic N) is 1. The van der Waals surface area contributed by atoms with Crippen LogP contribution in [0.3, 0.4) is 0 Å². The predicted octanol–water partition coefficient (Wildman–Crippen LogP) is 6.65. The first-order chi connectivity index (χ1) is 17.0. The molecule has 5 rings (SSSR count). The fourth-order valence-corrected chi connectivity index (χ4v) is 5.18. The van der Waals surface area contributed by atoms with Crippen molar-refractivity contribution in [2.45, 2.75) is 11.5 Å². The molecule has 0 saturated heterocycles. The van der Waals surface area contributed by atoms with E-state index in [0.29, 0.717) is 12.4 Å². The number of sulfonamides is 1. The molecular formula is C28H21BrN2O3S. The number of rotatable bonds is 7. The summed E-state index contributed by atoms with van der Waals surface area (Å²) in [7, 11) is -3.78. The lowest BCUT2D eigenvalue weighted by Crippen LogP contribution is -2.18. The third-order valence-electron chi connectivity index (χ3n) is 5.64. The highest BCUT2D eigenvalue weighted by Gasteiger charge is 2.13. The fourth-order valence-electron chi connectivity index (χ4n) is 3.85. The summed E-state index contributed by atoms with van der Waals surface area (Å²) in [6.45, 7) is 0.430. The molecular weight excluding hydrogens is 524 g/mol. The molecule has 0 aliphatic heterocycles. The number of hydrogen-bond donors (Lipinski definition) is 1. The zero-order valence-electron chi connectivity index (χ0n) is 18.6. The van der Waals surface area contributed by atoms with E-state index in [1.54, 1.807) is 18.2 Å². The summed E-state index contributed by atoms with van der Waals surface area (Å²) >= 11 is 3.54. The van der Waals surface area contributed by atoms with E-state index in [4.69, 9.17) is 4.74 Å². The van der Waals surface area contributed by atoms with Crippen molar-refractivity contribution in [2.75, 3.05) is 0 Å². The smallest absolute Gasteiger partial charge is 0.276 e. The molecule has 0 fully saturated rings. The lowest BCUT2D eigenvalue weighted by molar-refractivity contribution is 0.305. The summed E-state index contributed by atoms with van der Waals surface area (Å²) in [6, 6.07) is 32.4. The van der Waals surface area contributed by atoms with Crippen LogP contribution in [0, 0.1) is 0 Å². The van der Waals surface area contributed by atoms with Crippen LogP contribution in [0.1, 0.15) is 11.1 Å². The third-order valence-corrected chi connectivity index (χ3v) is 7.48. The molecule has 5 aromatic carbocycles. The van der Waals surface area contributed by atoms with Crippen LogP contribution in [0.2, 0.25) is 0 Å². The minimum absolute atomic E-state index is 0.159. The lowest BCUT2D eigenvalue weighted by atomic mass is 10.1. The van der Waals surface area contributed by atoms with Crippen molar-refractivity contribution >= 4 is 53.7 Å². The number of fused-ring (bicyclic) bond motifs is 2. The molecule has 0 unspecified atom stereocenters. The third kappa shape index (κ3) is 5.21. The highest BCUT2D eigenvalue weighted by molar-refractivity contribution is 9.10. The molecule has 0 aromatic heterocycles. The van der Waals surface area contributed by atoms with Crippen LogP contribution in [0.15, 0.2) is 118 Å². The molecule has 0 radical (unpaired) electrons. The maximum Gasteiger partial charge on any atom is 0.276 e. The maximum absolute atomic E-state index is 12.6. The molecule has 174 valence electrons. The van der Waals surface area contributed by atoms with Gasteiger partial charge in [0.15, 0.2) is 0 Å². The Morgan fingerprint density at radius 1 is 0.800 bits per heavy atom. The molecule has 0 atom stereocenters. The van der Waals surface area contributed by atoms with Gasteiger partial charge in [-0.15, -0.1) is 0 Å². The quantitative estimate of drug-likeness (QED) is 0.184. The molecule has 1 N–H and O–H groups in total.